The van der Waals surface area contributed by atoms with Gasteiger partial charge < -0.3 is 10.6 Å². The molecule has 0 saturated carbocycles. The predicted octanol–water partition coefficient (Wildman–Crippen LogP) is 1.34. The highest BCUT2D eigenvalue weighted by molar-refractivity contribution is 7.92. The van der Waals surface area contributed by atoms with E-state index in [1.54, 1.807) is 18.2 Å². The molecular weight excluding hydrogens is 314 g/mol. The van der Waals surface area contributed by atoms with Gasteiger partial charge in [-0.05, 0) is 37.6 Å². The molecule has 1 aliphatic rings. The molecule has 0 bridgehead atoms. The molecule has 21 heavy (non-hydrogen) atoms. The maximum Gasteiger partial charge on any atom is 0.229 e. The van der Waals surface area contributed by atoms with Crippen molar-refractivity contribution >= 4 is 39.7 Å². The summed E-state index contributed by atoms with van der Waals surface area (Å²) in [5.41, 5.74) is 1.83. The highest BCUT2D eigenvalue weighted by atomic mass is 35.5. The molecule has 1 atom stereocenters. The highest BCUT2D eigenvalue weighted by Gasteiger charge is 2.23. The van der Waals surface area contributed by atoms with E-state index in [4.69, 9.17) is 0 Å². The van der Waals surface area contributed by atoms with E-state index in [2.05, 4.69) is 15.4 Å². The zero-order valence-electron chi connectivity index (χ0n) is 12.0. The van der Waals surface area contributed by atoms with Crippen LogP contribution in [0.15, 0.2) is 18.2 Å². The van der Waals surface area contributed by atoms with Crippen molar-refractivity contribution in [3.63, 3.8) is 0 Å². The number of aryl methyl sites for hydroxylation is 1. The number of amides is 1. The topological polar surface area (TPSA) is 87.3 Å². The number of hydrogen-bond acceptors (Lipinski definition) is 4. The largest absolute Gasteiger partial charge is 0.324 e. The normalized spacial score (nSPS) is 17.9. The van der Waals surface area contributed by atoms with Crippen molar-refractivity contribution in [1.82, 2.24) is 5.32 Å². The minimum atomic E-state index is -3.38. The van der Waals surface area contributed by atoms with Gasteiger partial charge in [-0.2, -0.15) is 0 Å². The van der Waals surface area contributed by atoms with Gasteiger partial charge >= 0.3 is 0 Å². The number of carbonyl (C=O) groups excluding carboxylic acids is 1. The van der Waals surface area contributed by atoms with E-state index in [-0.39, 0.29) is 24.2 Å². The molecule has 8 heteroatoms. The summed E-state index contributed by atoms with van der Waals surface area (Å²) in [6, 6.07) is 5.20. The number of carbonyl (C=O) groups is 1. The monoisotopic (exact) mass is 333 g/mol. The molecule has 1 aliphatic heterocycles. The lowest BCUT2D eigenvalue weighted by atomic mass is 10.1. The van der Waals surface area contributed by atoms with Gasteiger partial charge in [0.25, 0.3) is 0 Å². The summed E-state index contributed by atoms with van der Waals surface area (Å²) in [5.74, 6) is -0.154. The van der Waals surface area contributed by atoms with E-state index in [0.717, 1.165) is 24.8 Å². The first kappa shape index (κ1) is 17.7. The summed E-state index contributed by atoms with van der Waals surface area (Å²) < 4.78 is 25.1. The fourth-order valence-corrected chi connectivity index (χ4v) is 2.74. The molecule has 0 aromatic heterocycles. The fraction of sp³-hybridized carbons (Fsp3) is 0.462. The third-order valence-electron chi connectivity index (χ3n) is 3.16. The van der Waals surface area contributed by atoms with Gasteiger partial charge in [-0.3, -0.25) is 9.52 Å². The predicted molar refractivity (Wildman–Crippen MR) is 86.5 cm³/mol. The molecule has 6 nitrogen and oxygen atoms in total. The van der Waals surface area contributed by atoms with Crippen LogP contribution in [0, 0.1) is 12.8 Å². The first-order chi connectivity index (χ1) is 9.35. The number of anilines is 2. The highest BCUT2D eigenvalue weighted by Crippen LogP contribution is 2.25. The quantitative estimate of drug-likeness (QED) is 0.776. The first-order valence-electron chi connectivity index (χ1n) is 6.45. The fourth-order valence-electron chi connectivity index (χ4n) is 2.16. The molecule has 1 aromatic carbocycles. The van der Waals surface area contributed by atoms with E-state index >= 15 is 0 Å². The van der Waals surface area contributed by atoms with Gasteiger partial charge in [0.2, 0.25) is 15.9 Å². The Labute approximate surface area is 131 Å². The molecule has 118 valence electrons. The summed E-state index contributed by atoms with van der Waals surface area (Å²) in [5, 5.41) is 5.94. The average Bonchev–Trinajstić information content (AvgIpc) is 2.85. The zero-order chi connectivity index (χ0) is 14.8. The van der Waals surface area contributed by atoms with Crippen LogP contribution in [0.4, 0.5) is 11.4 Å². The molecule has 1 unspecified atom stereocenters. The van der Waals surface area contributed by atoms with Crippen LogP contribution in [0.25, 0.3) is 0 Å². The van der Waals surface area contributed by atoms with Gasteiger partial charge in [0.15, 0.2) is 0 Å². The molecular formula is C13H20ClN3O3S. The second-order valence-electron chi connectivity index (χ2n) is 5.10. The minimum absolute atomic E-state index is 0. The number of halogens is 1. The van der Waals surface area contributed by atoms with Gasteiger partial charge in [-0.1, -0.05) is 6.07 Å². The lowest BCUT2D eigenvalue weighted by Crippen LogP contribution is -2.25. The summed E-state index contributed by atoms with van der Waals surface area (Å²) >= 11 is 0. The van der Waals surface area contributed by atoms with Gasteiger partial charge in [0.1, 0.15) is 0 Å². The van der Waals surface area contributed by atoms with Crippen LogP contribution in [0.2, 0.25) is 0 Å². The Morgan fingerprint density at radius 3 is 2.62 bits per heavy atom. The van der Waals surface area contributed by atoms with Crippen molar-refractivity contribution < 1.29 is 13.2 Å². The molecule has 2 rings (SSSR count). The van der Waals surface area contributed by atoms with Crippen molar-refractivity contribution in [2.45, 2.75) is 13.3 Å². The van der Waals surface area contributed by atoms with Crippen molar-refractivity contribution in [2.24, 2.45) is 5.92 Å². The first-order valence-corrected chi connectivity index (χ1v) is 8.34. The van der Waals surface area contributed by atoms with E-state index in [1.807, 2.05) is 6.92 Å². The Kier molecular flexibility index (Phi) is 6.00. The smallest absolute Gasteiger partial charge is 0.229 e. The Balaban J connectivity index is 0.00000220. The Morgan fingerprint density at radius 1 is 1.33 bits per heavy atom. The molecule has 1 aromatic rings. The number of nitrogens with one attached hydrogen (secondary N) is 3. The summed E-state index contributed by atoms with van der Waals surface area (Å²) in [7, 11) is -3.38. The molecule has 0 radical (unpaired) electrons. The zero-order valence-corrected chi connectivity index (χ0v) is 13.6. The molecule has 3 N–H and O–H groups in total. The van der Waals surface area contributed by atoms with E-state index in [9.17, 15) is 13.2 Å². The molecule has 0 aliphatic carbocycles. The second-order valence-corrected chi connectivity index (χ2v) is 6.85. The summed E-state index contributed by atoms with van der Waals surface area (Å²) in [6.07, 6.45) is 1.88. The number of hydrogen-bond donors (Lipinski definition) is 3. The van der Waals surface area contributed by atoms with E-state index in [1.165, 1.54) is 0 Å². The number of rotatable bonds is 4. The van der Waals surface area contributed by atoms with Crippen LogP contribution in [0.3, 0.4) is 0 Å². The van der Waals surface area contributed by atoms with Crippen LogP contribution in [-0.2, 0) is 14.8 Å². The van der Waals surface area contributed by atoms with Gasteiger partial charge in [0, 0.05) is 6.54 Å². The lowest BCUT2D eigenvalue weighted by Gasteiger charge is -2.15. The summed E-state index contributed by atoms with van der Waals surface area (Å²) in [6.45, 7) is 3.38. The van der Waals surface area contributed by atoms with Crippen LogP contribution in [-0.4, -0.2) is 33.7 Å². The van der Waals surface area contributed by atoms with Gasteiger partial charge in [0.05, 0.1) is 23.5 Å². The molecule has 1 saturated heterocycles. The molecule has 1 fully saturated rings. The van der Waals surface area contributed by atoms with Gasteiger partial charge in [-0.25, -0.2) is 8.42 Å². The molecule has 1 amide bonds. The maximum atomic E-state index is 12.1. The Bertz CT molecular complexity index is 613. The van der Waals surface area contributed by atoms with Crippen molar-refractivity contribution in [2.75, 3.05) is 29.4 Å². The Hall–Kier alpha value is -1.31. The second kappa shape index (κ2) is 7.11. The third-order valence-corrected chi connectivity index (χ3v) is 3.75. The third kappa shape index (κ3) is 5.18. The molecule has 0 spiro atoms. The SMILES string of the molecule is Cc1ccc(NS(C)(=O)=O)c(NC(=O)C2CCNC2)c1.Cl. The Morgan fingerprint density at radius 2 is 2.05 bits per heavy atom. The number of sulfonamides is 1. The van der Waals surface area contributed by atoms with Crippen LogP contribution < -0.4 is 15.4 Å². The van der Waals surface area contributed by atoms with E-state index in [0.29, 0.717) is 17.9 Å². The van der Waals surface area contributed by atoms with Crippen molar-refractivity contribution in [3.8, 4) is 0 Å². The van der Waals surface area contributed by atoms with Crippen LogP contribution in [0.1, 0.15) is 12.0 Å². The molecule has 1 heterocycles. The average molecular weight is 334 g/mol. The number of benzene rings is 1. The standard InChI is InChI=1S/C13H19N3O3S.ClH/c1-9-3-4-11(16-20(2,18)19)12(7-9)15-13(17)10-5-6-14-8-10;/h3-4,7,10,14,16H,5-6,8H2,1-2H3,(H,15,17);1H. The van der Waals surface area contributed by atoms with Crippen molar-refractivity contribution in [1.29, 1.82) is 0 Å². The summed E-state index contributed by atoms with van der Waals surface area (Å²) in [4.78, 5) is 12.1. The lowest BCUT2D eigenvalue weighted by molar-refractivity contribution is -0.119. The van der Waals surface area contributed by atoms with Crippen molar-refractivity contribution in [3.05, 3.63) is 23.8 Å². The van der Waals surface area contributed by atoms with Gasteiger partial charge in [-0.15, -0.1) is 12.4 Å². The van der Waals surface area contributed by atoms with Crippen LogP contribution in [0.5, 0.6) is 0 Å². The van der Waals surface area contributed by atoms with E-state index < -0.39 is 10.0 Å². The van der Waals surface area contributed by atoms with Crippen LogP contribution >= 0.6 is 12.4 Å². The minimum Gasteiger partial charge on any atom is -0.324 e. The maximum absolute atomic E-state index is 12.1.